The van der Waals surface area contributed by atoms with E-state index < -0.39 is 23.3 Å². The number of hydrogen-bond donors (Lipinski definition) is 0. The smallest absolute Gasteiger partial charge is 0.872 e. The summed E-state index contributed by atoms with van der Waals surface area (Å²) < 4.78 is 17.3. The molecule has 7 heteroatoms. The molecule has 0 bridgehead atoms. The van der Waals surface area contributed by atoms with Gasteiger partial charge < -0.3 is 9.84 Å². The summed E-state index contributed by atoms with van der Waals surface area (Å²) in [5.74, 6) is -3.60. The predicted octanol–water partition coefficient (Wildman–Crippen LogP) is -1.68. The molecule has 0 N–H and O–H groups in total. The molecule has 0 aliphatic heterocycles. The summed E-state index contributed by atoms with van der Waals surface area (Å²) >= 11 is 5.49. The Balaban J connectivity index is 0.00000324. The normalized spacial score (nSPS) is 10.6. The van der Waals surface area contributed by atoms with Crippen molar-refractivity contribution in [1.29, 1.82) is 0 Å². The molecule has 0 saturated carbocycles. The zero-order valence-corrected chi connectivity index (χ0v) is 11.2. The van der Waals surface area contributed by atoms with Gasteiger partial charge in [0.15, 0.2) is 0 Å². The molecule has 1 aromatic rings. The second-order valence-corrected chi connectivity index (χ2v) is 3.63. The topological polar surface area (TPSA) is 66.4 Å². The largest absolute Gasteiger partial charge is 1.00 e. The van der Waals surface area contributed by atoms with Gasteiger partial charge in [-0.3, -0.25) is 4.79 Å². The molecule has 0 amide bonds. The van der Waals surface area contributed by atoms with Crippen molar-refractivity contribution in [3.63, 3.8) is 0 Å². The van der Waals surface area contributed by atoms with Crippen LogP contribution in [0.25, 0.3) is 5.76 Å². The van der Waals surface area contributed by atoms with Gasteiger partial charge in [-0.05, 0) is 30.7 Å². The van der Waals surface area contributed by atoms with Crippen LogP contribution in [0.4, 0.5) is 4.39 Å². The molecule has 1 aromatic carbocycles. The summed E-state index contributed by atoms with van der Waals surface area (Å²) in [7, 11) is 0. The number of ketones is 1. The second-order valence-electron chi connectivity index (χ2n) is 3.22. The van der Waals surface area contributed by atoms with Gasteiger partial charge in [0.2, 0.25) is 0 Å². The first-order chi connectivity index (χ1) is 8.45. The van der Waals surface area contributed by atoms with Crippen LogP contribution in [-0.2, 0) is 14.3 Å². The zero-order valence-electron chi connectivity index (χ0n) is 10.4. The number of benzene rings is 1. The van der Waals surface area contributed by atoms with Gasteiger partial charge in [0.05, 0.1) is 11.6 Å². The number of rotatable bonds is 4. The van der Waals surface area contributed by atoms with Gasteiger partial charge >= 0.3 is 24.8 Å². The van der Waals surface area contributed by atoms with Crippen molar-refractivity contribution in [3.05, 3.63) is 40.7 Å². The molecule has 0 aliphatic rings. The Morgan fingerprint density at radius 2 is 2.11 bits per heavy atom. The Bertz CT molecular complexity index is 516. The van der Waals surface area contributed by atoms with E-state index in [2.05, 4.69) is 4.74 Å². The Morgan fingerprint density at radius 1 is 1.47 bits per heavy atom. The van der Waals surface area contributed by atoms with Gasteiger partial charge in [0.25, 0.3) is 5.78 Å². The summed E-state index contributed by atoms with van der Waals surface area (Å²) in [4.78, 5) is 22.2. The summed E-state index contributed by atoms with van der Waals surface area (Å²) in [5, 5.41) is 11.3. The zero-order chi connectivity index (χ0) is 13.7. The van der Waals surface area contributed by atoms with E-state index in [1.165, 1.54) is 13.0 Å². The van der Waals surface area contributed by atoms with Crippen molar-refractivity contribution in [2.24, 2.45) is 0 Å². The Hall–Kier alpha value is -1.28. The Morgan fingerprint density at radius 3 is 2.63 bits per heavy atom. The maximum atomic E-state index is 12.9. The molecule has 0 atom stereocenters. The third-order valence-corrected chi connectivity index (χ3v) is 2.23. The average Bonchev–Trinajstić information content (AvgIpc) is 2.32. The van der Waals surface area contributed by atoms with Gasteiger partial charge in [-0.25, -0.2) is 9.18 Å². The molecule has 96 valence electrons. The van der Waals surface area contributed by atoms with Crippen LogP contribution in [0.5, 0.6) is 0 Å². The van der Waals surface area contributed by atoms with E-state index in [1.807, 2.05) is 0 Å². The summed E-state index contributed by atoms with van der Waals surface area (Å²) in [6.07, 6.45) is 0.585. The number of carbonyl (C=O) groups is 2. The van der Waals surface area contributed by atoms with Crippen LogP contribution in [-0.4, -0.2) is 18.4 Å². The molecular formula is C12H9ClFLiO4. The van der Waals surface area contributed by atoms with Gasteiger partial charge in [0.1, 0.15) is 5.82 Å². The molecule has 0 saturated heterocycles. The van der Waals surface area contributed by atoms with E-state index in [4.69, 9.17) is 11.6 Å². The average molecular weight is 279 g/mol. The van der Waals surface area contributed by atoms with E-state index in [0.29, 0.717) is 6.08 Å². The number of ether oxygens (including phenoxy) is 1. The van der Waals surface area contributed by atoms with Gasteiger partial charge in [-0.15, -0.1) is 0 Å². The van der Waals surface area contributed by atoms with E-state index >= 15 is 0 Å². The van der Waals surface area contributed by atoms with E-state index in [0.717, 1.165) is 12.1 Å². The summed E-state index contributed by atoms with van der Waals surface area (Å²) in [6, 6.07) is 3.24. The van der Waals surface area contributed by atoms with Gasteiger partial charge in [0, 0.05) is 0 Å². The van der Waals surface area contributed by atoms with Crippen LogP contribution in [0.2, 0.25) is 5.02 Å². The van der Waals surface area contributed by atoms with Crippen molar-refractivity contribution < 1.29 is 42.7 Å². The van der Waals surface area contributed by atoms with Crippen molar-refractivity contribution >= 4 is 29.1 Å². The third kappa shape index (κ3) is 5.07. The van der Waals surface area contributed by atoms with Crippen molar-refractivity contribution in [2.45, 2.75) is 6.92 Å². The molecule has 0 aliphatic carbocycles. The first-order valence-electron chi connectivity index (χ1n) is 5.01. The van der Waals surface area contributed by atoms with E-state index in [9.17, 15) is 19.1 Å². The number of esters is 1. The van der Waals surface area contributed by atoms with Gasteiger partial charge in [-0.2, -0.15) is 0 Å². The molecule has 4 nitrogen and oxygen atoms in total. The molecular weight excluding hydrogens is 270 g/mol. The third-order valence-electron chi connectivity index (χ3n) is 1.94. The fourth-order valence-electron chi connectivity index (χ4n) is 1.11. The number of hydrogen-bond acceptors (Lipinski definition) is 4. The fraction of sp³-hybridized carbons (Fsp3) is 0.167. The Labute approximate surface area is 126 Å². The minimum absolute atomic E-state index is 0. The molecule has 0 fully saturated rings. The minimum Gasteiger partial charge on any atom is -0.872 e. The van der Waals surface area contributed by atoms with Crippen molar-refractivity contribution in [2.75, 3.05) is 6.61 Å². The summed E-state index contributed by atoms with van der Waals surface area (Å²) in [5.41, 5.74) is 0.0130. The molecule has 19 heavy (non-hydrogen) atoms. The van der Waals surface area contributed by atoms with Crippen LogP contribution in [0.15, 0.2) is 24.3 Å². The fourth-order valence-corrected chi connectivity index (χ4v) is 1.29. The molecule has 0 spiro atoms. The van der Waals surface area contributed by atoms with Crippen LogP contribution >= 0.6 is 11.6 Å². The maximum Gasteiger partial charge on any atom is 1.00 e. The molecule has 0 heterocycles. The standard InChI is InChI=1S/C12H10ClFO4.Li/c1-2-18-12(17)11(16)6-10(15)7-3-4-9(14)8(13)5-7;/h3-6,15H,2H2,1H3;/q;+1/p-1/b10-6-;. The molecule has 0 aromatic heterocycles. The van der Waals surface area contributed by atoms with Crippen LogP contribution < -0.4 is 24.0 Å². The summed E-state index contributed by atoms with van der Waals surface area (Å²) in [6.45, 7) is 1.57. The van der Waals surface area contributed by atoms with Crippen LogP contribution in [0, 0.1) is 5.82 Å². The van der Waals surface area contributed by atoms with Crippen molar-refractivity contribution in [3.8, 4) is 0 Å². The second kappa shape index (κ2) is 8.00. The monoisotopic (exact) mass is 278 g/mol. The van der Waals surface area contributed by atoms with E-state index in [1.54, 1.807) is 0 Å². The first-order valence-corrected chi connectivity index (χ1v) is 5.38. The van der Waals surface area contributed by atoms with Gasteiger partial charge in [-0.1, -0.05) is 23.4 Å². The Kier molecular flexibility index (Phi) is 7.46. The minimum atomic E-state index is -1.11. The van der Waals surface area contributed by atoms with Crippen molar-refractivity contribution in [1.82, 2.24) is 0 Å². The predicted molar refractivity (Wildman–Crippen MR) is 61.0 cm³/mol. The maximum absolute atomic E-state index is 12.9. The van der Waals surface area contributed by atoms with E-state index in [-0.39, 0.29) is 36.1 Å². The SMILES string of the molecule is CCOC(=O)C(=O)/C=C(\[O-])c1ccc(F)c(Cl)c1.[Li+]. The van der Waals surface area contributed by atoms with Crippen LogP contribution in [0.1, 0.15) is 12.5 Å². The molecule has 0 radical (unpaired) electrons. The molecule has 0 unspecified atom stereocenters. The first kappa shape index (κ1) is 17.7. The van der Waals surface area contributed by atoms with Crippen LogP contribution in [0.3, 0.4) is 0 Å². The number of halogens is 2. The number of carbonyl (C=O) groups excluding carboxylic acids is 2. The molecule has 1 rings (SSSR count). The quantitative estimate of drug-likeness (QED) is 0.217.